The molecule has 1 aromatic rings. The SMILES string of the molecule is CCNC(c1ncc(OC)nc1OC)C(C)CC. The number of nitrogens with one attached hydrogen (secondary N) is 1. The first kappa shape index (κ1) is 14.7. The van der Waals surface area contributed by atoms with Gasteiger partial charge in [-0.15, -0.1) is 0 Å². The van der Waals surface area contributed by atoms with Crippen molar-refractivity contribution in [3.05, 3.63) is 11.9 Å². The fraction of sp³-hybridized carbons (Fsp3) is 0.692. The van der Waals surface area contributed by atoms with Gasteiger partial charge in [0.2, 0.25) is 11.8 Å². The summed E-state index contributed by atoms with van der Waals surface area (Å²) in [5.41, 5.74) is 0.842. The first-order valence-electron chi connectivity index (χ1n) is 6.36. The molecule has 0 saturated carbocycles. The van der Waals surface area contributed by atoms with E-state index in [1.165, 1.54) is 0 Å². The van der Waals surface area contributed by atoms with E-state index in [-0.39, 0.29) is 6.04 Å². The van der Waals surface area contributed by atoms with Gasteiger partial charge in [0.25, 0.3) is 0 Å². The van der Waals surface area contributed by atoms with Crippen LogP contribution in [0.1, 0.15) is 38.9 Å². The van der Waals surface area contributed by atoms with Gasteiger partial charge >= 0.3 is 0 Å². The van der Waals surface area contributed by atoms with Crippen molar-refractivity contribution in [2.24, 2.45) is 5.92 Å². The smallest absolute Gasteiger partial charge is 0.240 e. The maximum Gasteiger partial charge on any atom is 0.240 e. The van der Waals surface area contributed by atoms with Crippen LogP contribution in [0, 0.1) is 5.92 Å². The molecule has 1 heterocycles. The van der Waals surface area contributed by atoms with Crippen LogP contribution in [0.5, 0.6) is 11.8 Å². The van der Waals surface area contributed by atoms with Crippen molar-refractivity contribution in [3.8, 4) is 11.8 Å². The molecule has 2 atom stereocenters. The predicted molar refractivity (Wildman–Crippen MR) is 71.0 cm³/mol. The summed E-state index contributed by atoms with van der Waals surface area (Å²) in [5.74, 6) is 1.46. The Morgan fingerprint density at radius 2 is 2.00 bits per heavy atom. The van der Waals surface area contributed by atoms with E-state index in [1.54, 1.807) is 20.4 Å². The lowest BCUT2D eigenvalue weighted by molar-refractivity contribution is 0.326. The van der Waals surface area contributed by atoms with E-state index >= 15 is 0 Å². The molecule has 2 unspecified atom stereocenters. The summed E-state index contributed by atoms with van der Waals surface area (Å²) in [5, 5.41) is 3.44. The molecule has 102 valence electrons. The lowest BCUT2D eigenvalue weighted by atomic mass is 9.96. The molecule has 0 aliphatic carbocycles. The first-order valence-corrected chi connectivity index (χ1v) is 6.36. The molecule has 0 bridgehead atoms. The molecule has 0 aliphatic heterocycles. The minimum atomic E-state index is 0.147. The van der Waals surface area contributed by atoms with Crippen LogP contribution in [0.15, 0.2) is 6.20 Å². The summed E-state index contributed by atoms with van der Waals surface area (Å²) in [6, 6.07) is 0.147. The minimum Gasteiger partial charge on any atom is -0.480 e. The Labute approximate surface area is 109 Å². The highest BCUT2D eigenvalue weighted by atomic mass is 16.5. The molecule has 1 N–H and O–H groups in total. The number of rotatable bonds is 7. The number of nitrogens with zero attached hydrogens (tertiary/aromatic N) is 2. The summed E-state index contributed by atoms with van der Waals surface area (Å²) in [6.45, 7) is 7.32. The third-order valence-corrected chi connectivity index (χ3v) is 3.08. The summed E-state index contributed by atoms with van der Waals surface area (Å²) in [6.07, 6.45) is 2.69. The summed E-state index contributed by atoms with van der Waals surface area (Å²) < 4.78 is 10.4. The number of aromatic nitrogens is 2. The highest BCUT2D eigenvalue weighted by Gasteiger charge is 2.23. The molecule has 1 aromatic heterocycles. The van der Waals surface area contributed by atoms with E-state index in [9.17, 15) is 0 Å². The zero-order valence-corrected chi connectivity index (χ0v) is 11.9. The quantitative estimate of drug-likeness (QED) is 0.807. The van der Waals surface area contributed by atoms with Crippen LogP contribution < -0.4 is 14.8 Å². The molecule has 0 radical (unpaired) electrons. The van der Waals surface area contributed by atoms with Crippen molar-refractivity contribution in [1.29, 1.82) is 0 Å². The number of hydrogen-bond acceptors (Lipinski definition) is 5. The third kappa shape index (κ3) is 3.32. The first-order chi connectivity index (χ1) is 8.67. The van der Waals surface area contributed by atoms with Crippen LogP contribution in [0.4, 0.5) is 0 Å². The van der Waals surface area contributed by atoms with Gasteiger partial charge in [-0.05, 0) is 12.5 Å². The Hall–Kier alpha value is -1.36. The van der Waals surface area contributed by atoms with Crippen LogP contribution in [0.2, 0.25) is 0 Å². The highest BCUT2D eigenvalue weighted by Crippen LogP contribution is 2.29. The standard InChI is InChI=1S/C13H23N3O2/c1-6-9(3)11(14-7-2)12-13(18-5)16-10(17-4)8-15-12/h8-9,11,14H,6-7H2,1-5H3. The van der Waals surface area contributed by atoms with Gasteiger partial charge in [0.1, 0.15) is 5.69 Å². The Balaban J connectivity index is 3.10. The van der Waals surface area contributed by atoms with E-state index in [0.29, 0.717) is 17.7 Å². The largest absolute Gasteiger partial charge is 0.480 e. The van der Waals surface area contributed by atoms with Crippen LogP contribution in [0.3, 0.4) is 0 Å². The summed E-state index contributed by atoms with van der Waals surface area (Å²) in [7, 11) is 3.17. The molecular weight excluding hydrogens is 230 g/mol. The average molecular weight is 253 g/mol. The molecule has 5 nitrogen and oxygen atoms in total. The maximum absolute atomic E-state index is 5.32. The maximum atomic E-state index is 5.32. The van der Waals surface area contributed by atoms with Gasteiger partial charge < -0.3 is 14.8 Å². The van der Waals surface area contributed by atoms with Crippen molar-refractivity contribution in [2.45, 2.75) is 33.2 Å². The Morgan fingerprint density at radius 3 is 2.50 bits per heavy atom. The molecule has 1 rings (SSSR count). The van der Waals surface area contributed by atoms with E-state index in [4.69, 9.17) is 9.47 Å². The summed E-state index contributed by atoms with van der Waals surface area (Å²) >= 11 is 0. The van der Waals surface area contributed by atoms with Gasteiger partial charge in [-0.1, -0.05) is 27.2 Å². The molecule has 0 aromatic carbocycles. The van der Waals surface area contributed by atoms with Crippen LogP contribution >= 0.6 is 0 Å². The van der Waals surface area contributed by atoms with Crippen molar-refractivity contribution in [3.63, 3.8) is 0 Å². The fourth-order valence-electron chi connectivity index (χ4n) is 1.85. The van der Waals surface area contributed by atoms with Crippen LogP contribution in [0.25, 0.3) is 0 Å². The second-order valence-electron chi connectivity index (χ2n) is 4.23. The molecule has 0 spiro atoms. The van der Waals surface area contributed by atoms with Gasteiger partial charge in [0.05, 0.1) is 26.5 Å². The van der Waals surface area contributed by atoms with E-state index in [2.05, 4.69) is 36.1 Å². The number of ether oxygens (including phenoxy) is 2. The van der Waals surface area contributed by atoms with Gasteiger partial charge in [0, 0.05) is 0 Å². The molecule has 0 fully saturated rings. The zero-order chi connectivity index (χ0) is 13.5. The lowest BCUT2D eigenvalue weighted by Gasteiger charge is -2.24. The highest BCUT2D eigenvalue weighted by molar-refractivity contribution is 5.26. The summed E-state index contributed by atoms with van der Waals surface area (Å²) in [4.78, 5) is 8.72. The van der Waals surface area contributed by atoms with E-state index in [0.717, 1.165) is 18.7 Å². The molecule has 0 aliphatic rings. The normalized spacial score (nSPS) is 14.1. The second kappa shape index (κ2) is 7.16. The van der Waals surface area contributed by atoms with E-state index < -0.39 is 0 Å². The molecule has 5 heteroatoms. The predicted octanol–water partition coefficient (Wildman–Crippen LogP) is 2.19. The van der Waals surface area contributed by atoms with Gasteiger partial charge in [-0.2, -0.15) is 4.98 Å². The van der Waals surface area contributed by atoms with Gasteiger partial charge in [0.15, 0.2) is 0 Å². The van der Waals surface area contributed by atoms with Gasteiger partial charge in [-0.3, -0.25) is 0 Å². The Morgan fingerprint density at radius 1 is 1.28 bits per heavy atom. The van der Waals surface area contributed by atoms with Crippen molar-refractivity contribution < 1.29 is 9.47 Å². The number of methoxy groups -OCH3 is 2. The Bertz CT molecular complexity index is 371. The third-order valence-electron chi connectivity index (χ3n) is 3.08. The van der Waals surface area contributed by atoms with Crippen molar-refractivity contribution in [1.82, 2.24) is 15.3 Å². The average Bonchev–Trinajstić information content (AvgIpc) is 2.43. The van der Waals surface area contributed by atoms with Crippen molar-refractivity contribution >= 4 is 0 Å². The molecule has 18 heavy (non-hydrogen) atoms. The monoisotopic (exact) mass is 253 g/mol. The number of hydrogen-bond donors (Lipinski definition) is 1. The molecular formula is C13H23N3O2. The minimum absolute atomic E-state index is 0.147. The van der Waals surface area contributed by atoms with Gasteiger partial charge in [-0.25, -0.2) is 4.98 Å². The molecule has 0 amide bonds. The fourth-order valence-corrected chi connectivity index (χ4v) is 1.85. The topological polar surface area (TPSA) is 56.3 Å². The lowest BCUT2D eigenvalue weighted by Crippen LogP contribution is -2.28. The van der Waals surface area contributed by atoms with E-state index in [1.807, 2.05) is 0 Å². The van der Waals surface area contributed by atoms with Crippen molar-refractivity contribution in [2.75, 3.05) is 20.8 Å². The second-order valence-corrected chi connectivity index (χ2v) is 4.23. The zero-order valence-electron chi connectivity index (χ0n) is 11.9. The molecule has 0 saturated heterocycles. The Kier molecular flexibility index (Phi) is 5.85. The van der Waals surface area contributed by atoms with Crippen LogP contribution in [-0.4, -0.2) is 30.7 Å². The van der Waals surface area contributed by atoms with Crippen LogP contribution in [-0.2, 0) is 0 Å².